The molecule has 2 aromatic rings. The molecule has 0 bridgehead atoms. The van der Waals surface area contributed by atoms with Crippen LogP contribution in [0.2, 0.25) is 5.02 Å². The third-order valence-corrected chi connectivity index (χ3v) is 7.66. The van der Waals surface area contributed by atoms with Crippen molar-refractivity contribution in [2.24, 2.45) is 0 Å². The predicted octanol–water partition coefficient (Wildman–Crippen LogP) is 4.15. The van der Waals surface area contributed by atoms with E-state index in [0.717, 1.165) is 37.0 Å². The fraction of sp³-hybridized carbons (Fsp3) is 0.500. The lowest BCUT2D eigenvalue weighted by Crippen LogP contribution is -2.66. The fourth-order valence-electron chi connectivity index (χ4n) is 5.41. The molecule has 0 radical (unpaired) electrons. The van der Waals surface area contributed by atoms with Crippen LogP contribution in [-0.4, -0.2) is 66.1 Å². The Morgan fingerprint density at radius 2 is 1.55 bits per heavy atom. The van der Waals surface area contributed by atoms with Crippen LogP contribution < -0.4 is 4.74 Å². The smallest absolute Gasteiger partial charge is 0.303 e. The molecule has 2 aliphatic rings. The van der Waals surface area contributed by atoms with Gasteiger partial charge in [-0.25, -0.2) is 0 Å². The van der Waals surface area contributed by atoms with Gasteiger partial charge in [-0.05, 0) is 67.5 Å². The summed E-state index contributed by atoms with van der Waals surface area (Å²) in [4.78, 5) is 49.1. The predicted molar refractivity (Wildman–Crippen MR) is 156 cm³/mol. The second-order valence-corrected chi connectivity index (χ2v) is 10.9. The van der Waals surface area contributed by atoms with Crippen molar-refractivity contribution in [1.82, 2.24) is 0 Å². The number of benzene rings is 2. The molecule has 0 aromatic heterocycles. The first-order valence-corrected chi connectivity index (χ1v) is 14.2. The highest BCUT2D eigenvalue weighted by Crippen LogP contribution is 2.42. The summed E-state index contributed by atoms with van der Waals surface area (Å²) < 4.78 is 62.8. The molecule has 2 aromatic carbocycles. The minimum Gasteiger partial charge on any atom is -0.490 e. The number of ether oxygens (including phenoxy) is 6. The topological polar surface area (TPSA) is 144 Å². The molecule has 1 N–H and O–H groups in total. The molecule has 4 rings (SSSR count). The van der Waals surface area contributed by atoms with Crippen LogP contribution in [0.4, 0.5) is 0 Å². The minimum absolute atomic E-state index is 0.0557. The Morgan fingerprint density at radius 3 is 2.20 bits per heavy atom. The first-order valence-electron chi connectivity index (χ1n) is 16.7. The maximum absolute atomic E-state index is 12.5. The number of hydrogen-bond donors (Lipinski definition) is 1. The van der Waals surface area contributed by atoms with E-state index in [1.54, 1.807) is 0 Å². The largest absolute Gasteiger partial charge is 0.490 e. The average molecular weight is 637 g/mol. The van der Waals surface area contributed by atoms with E-state index >= 15 is 0 Å². The van der Waals surface area contributed by atoms with Crippen molar-refractivity contribution in [3.05, 3.63) is 64.2 Å². The molecule has 0 spiro atoms. The molecule has 44 heavy (non-hydrogen) atoms. The van der Waals surface area contributed by atoms with Crippen molar-refractivity contribution < 1.29 is 58.2 Å². The van der Waals surface area contributed by atoms with Gasteiger partial charge < -0.3 is 33.5 Å². The van der Waals surface area contributed by atoms with Crippen LogP contribution >= 0.6 is 11.6 Å². The summed E-state index contributed by atoms with van der Waals surface area (Å²) >= 11 is 6.56. The quantitative estimate of drug-likeness (QED) is 0.297. The van der Waals surface area contributed by atoms with Gasteiger partial charge in [0.2, 0.25) is 11.9 Å². The van der Waals surface area contributed by atoms with E-state index in [2.05, 4.69) is 0 Å². The highest BCUT2D eigenvalue weighted by Gasteiger charge is 2.60. The van der Waals surface area contributed by atoms with E-state index in [-0.39, 0.29) is 18.1 Å². The molecule has 238 valence electrons. The Balaban J connectivity index is 1.74. The summed E-state index contributed by atoms with van der Waals surface area (Å²) in [6, 6.07) is 11.7. The van der Waals surface area contributed by atoms with Gasteiger partial charge in [-0.1, -0.05) is 29.8 Å². The summed E-state index contributed by atoms with van der Waals surface area (Å²) in [5.74, 6) is -6.42. The van der Waals surface area contributed by atoms with Crippen molar-refractivity contribution in [2.45, 2.75) is 96.0 Å². The normalized spacial score (nSPS) is 26.3. The Hall–Kier alpha value is -3.67. The zero-order chi connectivity index (χ0) is 34.8. The molecule has 11 nitrogen and oxygen atoms in total. The van der Waals surface area contributed by atoms with Crippen molar-refractivity contribution >= 4 is 35.5 Å². The third kappa shape index (κ3) is 8.28. The first kappa shape index (κ1) is 27.8. The molecule has 1 heterocycles. The fourth-order valence-corrected chi connectivity index (χ4v) is 5.59. The molecule has 1 unspecified atom stereocenters. The lowest BCUT2D eigenvalue weighted by Gasteiger charge is -2.48. The number of carbonyl (C=O) groups excluding carboxylic acids is 4. The first-order chi connectivity index (χ1) is 23.0. The molecular formula is C32H37ClO11. The van der Waals surface area contributed by atoms with E-state index in [1.807, 2.05) is 24.3 Å². The minimum atomic E-state index is -2.70. The van der Waals surface area contributed by atoms with E-state index in [9.17, 15) is 24.3 Å². The number of hydrogen-bond acceptors (Lipinski definition) is 11. The van der Waals surface area contributed by atoms with E-state index in [4.69, 9.17) is 45.5 Å². The second kappa shape index (κ2) is 14.4. The number of esters is 4. The van der Waals surface area contributed by atoms with E-state index in [0.29, 0.717) is 10.6 Å². The molecule has 1 saturated heterocycles. The van der Waals surface area contributed by atoms with Gasteiger partial charge in [0.1, 0.15) is 18.5 Å². The van der Waals surface area contributed by atoms with E-state index in [1.165, 1.54) is 18.2 Å². The molecule has 12 heteroatoms. The van der Waals surface area contributed by atoms with Crippen LogP contribution in [0.25, 0.3) is 0 Å². The molecule has 1 saturated carbocycles. The van der Waals surface area contributed by atoms with Gasteiger partial charge in [0.25, 0.3) is 0 Å². The zero-order valence-electron chi connectivity index (χ0n) is 27.9. The Bertz CT molecular complexity index is 1440. The van der Waals surface area contributed by atoms with Gasteiger partial charge >= 0.3 is 23.9 Å². The molecule has 0 amide bonds. The van der Waals surface area contributed by atoms with Crippen LogP contribution in [0, 0.1) is 0 Å². The van der Waals surface area contributed by atoms with Crippen molar-refractivity contribution in [3.63, 3.8) is 0 Å². The van der Waals surface area contributed by atoms with Crippen LogP contribution in [0.1, 0.15) is 75.5 Å². The van der Waals surface area contributed by atoms with Crippen LogP contribution in [0.15, 0.2) is 42.5 Å². The molecule has 5 atom stereocenters. The Labute approximate surface area is 266 Å². The number of rotatable bonds is 10. The summed E-state index contributed by atoms with van der Waals surface area (Å²) in [6.45, 7) is -4.21. The van der Waals surface area contributed by atoms with Crippen molar-refractivity contribution in [3.8, 4) is 5.75 Å². The van der Waals surface area contributed by atoms with Gasteiger partial charge in [0.05, 0.1) is 6.10 Å². The van der Waals surface area contributed by atoms with Crippen LogP contribution in [-0.2, 0) is 55.1 Å². The summed E-state index contributed by atoms with van der Waals surface area (Å²) in [6.07, 6.45) is -2.41. The highest BCUT2D eigenvalue weighted by atomic mass is 35.5. The maximum Gasteiger partial charge on any atom is 0.303 e. The standard InChI is InChI=1S/C32H37ClO11/c1-18(34)39-17-28-29(40-19(2)35)30(41-20(3)36)31(42-21(4)37)32(38,44-28)24-11-14-27(33)23(16-24)15-22-9-12-26(13-10-22)43-25-7-5-6-8-25/h9-14,16,25,28-31,38H,5-8,15,17H2,1-4H3/t28-,29-,30+,31-,32?/m1/s1/i1D,2D,3D,4D. The zero-order valence-corrected chi connectivity index (χ0v) is 24.7. The monoisotopic (exact) mass is 636 g/mol. The lowest BCUT2D eigenvalue weighted by molar-refractivity contribution is -0.360. The van der Waals surface area contributed by atoms with Gasteiger partial charge in [-0.15, -0.1) is 0 Å². The summed E-state index contributed by atoms with van der Waals surface area (Å²) in [7, 11) is 0. The third-order valence-electron chi connectivity index (χ3n) is 7.29. The summed E-state index contributed by atoms with van der Waals surface area (Å²) in [5, 5.41) is 12.6. The van der Waals surface area contributed by atoms with Crippen LogP contribution in [0.3, 0.4) is 0 Å². The maximum atomic E-state index is 12.5. The van der Waals surface area contributed by atoms with Gasteiger partial charge in [0.15, 0.2) is 12.2 Å². The molecule has 2 fully saturated rings. The van der Waals surface area contributed by atoms with Gasteiger partial charge in [-0.3, -0.25) is 19.2 Å². The number of halogens is 1. The van der Waals surface area contributed by atoms with Crippen molar-refractivity contribution in [1.29, 1.82) is 0 Å². The molecule has 1 aliphatic heterocycles. The van der Waals surface area contributed by atoms with E-state index < -0.39 is 88.3 Å². The molecular weight excluding hydrogens is 596 g/mol. The van der Waals surface area contributed by atoms with Crippen LogP contribution in [0.5, 0.6) is 5.75 Å². The van der Waals surface area contributed by atoms with Gasteiger partial charge in [0, 0.05) is 43.7 Å². The highest BCUT2D eigenvalue weighted by molar-refractivity contribution is 6.31. The number of carbonyl (C=O) groups is 4. The lowest BCUT2D eigenvalue weighted by atomic mass is 9.86. The second-order valence-electron chi connectivity index (χ2n) is 10.5. The SMILES string of the molecule is [2H]CC(=O)OC[C@H]1OC(O)(c2ccc(Cl)c(Cc3ccc(OC4CCCC4)cc3)c2)[C@H](OC(=O)C[2H])[C@@H](OC(=O)C[2H])[C@@H]1OC(=O)C[2H]. The van der Waals surface area contributed by atoms with Gasteiger partial charge in [-0.2, -0.15) is 0 Å². The van der Waals surface area contributed by atoms with Crippen molar-refractivity contribution in [2.75, 3.05) is 6.61 Å². The number of aliphatic hydroxyl groups is 1. The summed E-state index contributed by atoms with van der Waals surface area (Å²) in [5.41, 5.74) is 1.28. The Morgan fingerprint density at radius 1 is 0.909 bits per heavy atom. The Kier molecular flexibility index (Phi) is 9.12. The average Bonchev–Trinajstić information content (AvgIpc) is 3.61. The molecule has 1 aliphatic carbocycles.